The maximum atomic E-state index is 4.75. The van der Waals surface area contributed by atoms with E-state index >= 15 is 0 Å². The smallest absolute Gasteiger partial charge is 0.191 e. The second kappa shape index (κ2) is 10.0. The summed E-state index contributed by atoms with van der Waals surface area (Å²) in [6.07, 6.45) is 3.93. The van der Waals surface area contributed by atoms with Gasteiger partial charge in [0.2, 0.25) is 0 Å². The van der Waals surface area contributed by atoms with Gasteiger partial charge in [0.25, 0.3) is 0 Å². The van der Waals surface area contributed by atoms with Crippen molar-refractivity contribution in [1.82, 2.24) is 20.4 Å². The minimum atomic E-state index is 0. The van der Waals surface area contributed by atoms with Crippen LogP contribution < -0.4 is 10.6 Å². The number of aliphatic imine (C=N–C) groups is 1. The lowest BCUT2D eigenvalue weighted by molar-refractivity contribution is 0.546. The molecule has 2 aromatic heterocycles. The Morgan fingerprint density at radius 3 is 2.75 bits per heavy atom. The first kappa shape index (κ1) is 21.0. The Labute approximate surface area is 166 Å². The zero-order valence-corrected chi connectivity index (χ0v) is 18.0. The van der Waals surface area contributed by atoms with E-state index < -0.39 is 0 Å². The van der Waals surface area contributed by atoms with E-state index in [1.54, 1.807) is 11.3 Å². The van der Waals surface area contributed by atoms with Gasteiger partial charge in [-0.1, -0.05) is 19.9 Å². The van der Waals surface area contributed by atoms with Crippen LogP contribution in [-0.2, 0) is 12.0 Å². The van der Waals surface area contributed by atoms with Gasteiger partial charge in [-0.05, 0) is 30.9 Å². The van der Waals surface area contributed by atoms with Crippen molar-refractivity contribution >= 4 is 41.3 Å². The molecule has 2 rings (SSSR count). The highest BCUT2D eigenvalue weighted by Gasteiger charge is 2.21. The van der Waals surface area contributed by atoms with Gasteiger partial charge < -0.3 is 10.6 Å². The molecule has 2 N–H and O–H groups in total. The van der Waals surface area contributed by atoms with E-state index in [0.717, 1.165) is 32.1 Å². The average Bonchev–Trinajstić information content (AvgIpc) is 3.17. The fourth-order valence-electron chi connectivity index (χ4n) is 2.24. The van der Waals surface area contributed by atoms with Crippen molar-refractivity contribution in [1.29, 1.82) is 0 Å². The van der Waals surface area contributed by atoms with E-state index in [4.69, 9.17) is 4.99 Å². The molecule has 0 saturated heterocycles. The van der Waals surface area contributed by atoms with E-state index in [1.165, 1.54) is 10.4 Å². The second-order valence-corrected chi connectivity index (χ2v) is 7.21. The minimum Gasteiger partial charge on any atom is -0.357 e. The van der Waals surface area contributed by atoms with Crippen molar-refractivity contribution in [2.75, 3.05) is 19.6 Å². The van der Waals surface area contributed by atoms with Crippen LogP contribution in [0.25, 0.3) is 0 Å². The van der Waals surface area contributed by atoms with Gasteiger partial charge in [0.15, 0.2) is 5.96 Å². The Kier molecular flexibility index (Phi) is 8.75. The predicted octanol–water partition coefficient (Wildman–Crippen LogP) is 3.40. The fraction of sp³-hybridized carbons (Fsp3) is 0.529. The van der Waals surface area contributed by atoms with Gasteiger partial charge in [0.1, 0.15) is 0 Å². The summed E-state index contributed by atoms with van der Waals surface area (Å²) < 4.78 is 1.95. The molecule has 0 radical (unpaired) electrons. The van der Waals surface area contributed by atoms with Crippen molar-refractivity contribution < 1.29 is 0 Å². The highest BCUT2D eigenvalue weighted by molar-refractivity contribution is 14.0. The van der Waals surface area contributed by atoms with Gasteiger partial charge in [-0.3, -0.25) is 9.67 Å². The number of hydrogen-bond acceptors (Lipinski definition) is 3. The summed E-state index contributed by atoms with van der Waals surface area (Å²) in [5, 5.41) is 13.1. The number of rotatable bonds is 7. The Bertz CT molecular complexity index is 619. The van der Waals surface area contributed by atoms with E-state index in [2.05, 4.69) is 60.9 Å². The Balaban J connectivity index is 0.00000288. The number of nitrogens with zero attached hydrogens (tertiary/aromatic N) is 3. The molecule has 24 heavy (non-hydrogen) atoms. The minimum absolute atomic E-state index is 0. The SMILES string of the molecule is CCNC(=NCC(C)(C)c1cccs1)NCCn1cc(C)cn1.I. The van der Waals surface area contributed by atoms with Crippen LogP contribution in [0, 0.1) is 6.92 Å². The number of guanidine groups is 1. The molecule has 0 aromatic carbocycles. The monoisotopic (exact) mass is 461 g/mol. The predicted molar refractivity (Wildman–Crippen MR) is 114 cm³/mol. The summed E-state index contributed by atoms with van der Waals surface area (Å²) in [4.78, 5) is 6.11. The number of aryl methyl sites for hydroxylation is 1. The number of thiophene rings is 1. The van der Waals surface area contributed by atoms with Crippen LogP contribution in [0.5, 0.6) is 0 Å². The van der Waals surface area contributed by atoms with Gasteiger partial charge in [-0.2, -0.15) is 5.10 Å². The van der Waals surface area contributed by atoms with Crippen LogP contribution in [0.2, 0.25) is 0 Å². The highest BCUT2D eigenvalue weighted by Crippen LogP contribution is 2.27. The van der Waals surface area contributed by atoms with E-state index in [0.29, 0.717) is 0 Å². The molecule has 7 heteroatoms. The summed E-state index contributed by atoms with van der Waals surface area (Å²) in [5.74, 6) is 0.862. The van der Waals surface area contributed by atoms with Crippen molar-refractivity contribution in [3.05, 3.63) is 40.3 Å². The Morgan fingerprint density at radius 1 is 1.38 bits per heavy atom. The second-order valence-electron chi connectivity index (χ2n) is 6.26. The zero-order chi connectivity index (χ0) is 16.7. The van der Waals surface area contributed by atoms with Gasteiger partial charge in [0.05, 0.1) is 19.3 Å². The molecular weight excluding hydrogens is 433 g/mol. The standard InChI is InChI=1S/C17H27N5S.HI/c1-5-18-16(19-8-9-22-12-14(2)11-21-22)20-13-17(3,4)15-7-6-10-23-15;/h6-7,10-12H,5,8-9,13H2,1-4H3,(H2,18,19,20);1H. The first-order valence-corrected chi connectivity index (χ1v) is 8.94. The average molecular weight is 461 g/mol. The van der Waals surface area contributed by atoms with E-state index in [-0.39, 0.29) is 29.4 Å². The van der Waals surface area contributed by atoms with Crippen LogP contribution in [0.3, 0.4) is 0 Å². The van der Waals surface area contributed by atoms with Gasteiger partial charge in [-0.25, -0.2) is 0 Å². The Morgan fingerprint density at radius 2 is 2.17 bits per heavy atom. The molecule has 0 saturated carbocycles. The number of nitrogens with one attached hydrogen (secondary N) is 2. The molecule has 134 valence electrons. The molecule has 0 bridgehead atoms. The summed E-state index contributed by atoms with van der Waals surface area (Å²) in [7, 11) is 0. The van der Waals surface area contributed by atoms with Crippen molar-refractivity contribution in [2.45, 2.75) is 39.7 Å². The molecule has 0 aliphatic rings. The lowest BCUT2D eigenvalue weighted by atomic mass is 9.92. The molecule has 0 unspecified atom stereocenters. The lowest BCUT2D eigenvalue weighted by Gasteiger charge is -2.21. The molecule has 0 spiro atoms. The maximum absolute atomic E-state index is 4.75. The first-order valence-electron chi connectivity index (χ1n) is 8.06. The molecule has 5 nitrogen and oxygen atoms in total. The van der Waals surface area contributed by atoms with Gasteiger partial charge >= 0.3 is 0 Å². The molecule has 2 aromatic rings. The lowest BCUT2D eigenvalue weighted by Crippen LogP contribution is -2.39. The van der Waals surface area contributed by atoms with E-state index in [1.807, 2.05) is 17.1 Å². The third-order valence-electron chi connectivity index (χ3n) is 3.56. The topological polar surface area (TPSA) is 54.2 Å². The zero-order valence-electron chi connectivity index (χ0n) is 14.9. The molecule has 0 aliphatic heterocycles. The number of aromatic nitrogens is 2. The molecular formula is C17H28IN5S. The fourth-order valence-corrected chi connectivity index (χ4v) is 3.08. The van der Waals surface area contributed by atoms with Gasteiger partial charge in [0, 0.05) is 29.6 Å². The number of hydrogen-bond donors (Lipinski definition) is 2. The third-order valence-corrected chi connectivity index (χ3v) is 4.80. The normalized spacial score (nSPS) is 11.9. The quantitative estimate of drug-likeness (QED) is 0.378. The summed E-state index contributed by atoms with van der Waals surface area (Å²) >= 11 is 1.79. The van der Waals surface area contributed by atoms with Crippen LogP contribution in [0.1, 0.15) is 31.2 Å². The van der Waals surface area contributed by atoms with E-state index in [9.17, 15) is 0 Å². The molecule has 0 atom stereocenters. The van der Waals surface area contributed by atoms with Crippen molar-refractivity contribution in [2.24, 2.45) is 4.99 Å². The first-order chi connectivity index (χ1) is 11.0. The van der Waals surface area contributed by atoms with Crippen LogP contribution in [0.15, 0.2) is 34.9 Å². The summed E-state index contributed by atoms with van der Waals surface area (Å²) in [5.41, 5.74) is 1.23. The van der Waals surface area contributed by atoms with Crippen LogP contribution in [0.4, 0.5) is 0 Å². The molecule has 0 fully saturated rings. The largest absolute Gasteiger partial charge is 0.357 e. The maximum Gasteiger partial charge on any atom is 0.191 e. The van der Waals surface area contributed by atoms with Gasteiger partial charge in [-0.15, -0.1) is 35.3 Å². The number of halogens is 1. The molecule has 2 heterocycles. The molecule has 0 amide bonds. The van der Waals surface area contributed by atoms with Crippen molar-refractivity contribution in [3.63, 3.8) is 0 Å². The Hall–Kier alpha value is -1.09. The summed E-state index contributed by atoms with van der Waals surface area (Å²) in [6.45, 7) is 11.8. The molecule has 0 aliphatic carbocycles. The van der Waals surface area contributed by atoms with Crippen LogP contribution >= 0.6 is 35.3 Å². The highest BCUT2D eigenvalue weighted by atomic mass is 127. The van der Waals surface area contributed by atoms with Crippen molar-refractivity contribution in [3.8, 4) is 0 Å². The third kappa shape index (κ3) is 6.43. The van der Waals surface area contributed by atoms with Crippen LogP contribution in [-0.4, -0.2) is 35.4 Å². The summed E-state index contributed by atoms with van der Waals surface area (Å²) in [6, 6.07) is 4.28.